The molecule has 170 valence electrons. The second kappa shape index (κ2) is 16.7. The molecular formula is C25H40O5. The molecule has 0 atom stereocenters. The molecule has 1 rings (SSSR count). The van der Waals surface area contributed by atoms with Crippen LogP contribution in [0.4, 0.5) is 0 Å². The topological polar surface area (TPSA) is 61.8 Å². The third kappa shape index (κ3) is 10.7. The van der Waals surface area contributed by atoms with Crippen molar-refractivity contribution in [2.24, 2.45) is 0 Å². The summed E-state index contributed by atoms with van der Waals surface area (Å²) in [6.45, 7) is 5.15. The van der Waals surface area contributed by atoms with Gasteiger partial charge in [-0.2, -0.15) is 0 Å². The van der Waals surface area contributed by atoms with Crippen molar-refractivity contribution in [3.63, 3.8) is 0 Å². The zero-order valence-corrected chi connectivity index (χ0v) is 19.2. The Balaban J connectivity index is 2.46. The standard InChI is InChI=1S/C25H40O5/c1-4-6-8-10-12-14-18-29-24(26)21-16-17-23(28-3)22(20-21)25(27)30-19-15-13-11-9-7-5-2/h16-17,20H,4-15,18-19H2,1-3H3. The van der Waals surface area contributed by atoms with Gasteiger partial charge in [0.1, 0.15) is 11.3 Å². The predicted molar refractivity (Wildman–Crippen MR) is 120 cm³/mol. The van der Waals surface area contributed by atoms with Crippen molar-refractivity contribution in [2.45, 2.75) is 90.9 Å². The van der Waals surface area contributed by atoms with E-state index >= 15 is 0 Å². The molecule has 0 bridgehead atoms. The van der Waals surface area contributed by atoms with Gasteiger partial charge in [0, 0.05) is 0 Å². The highest BCUT2D eigenvalue weighted by Crippen LogP contribution is 2.22. The van der Waals surface area contributed by atoms with Gasteiger partial charge < -0.3 is 14.2 Å². The van der Waals surface area contributed by atoms with Gasteiger partial charge in [-0.3, -0.25) is 0 Å². The molecule has 0 saturated carbocycles. The van der Waals surface area contributed by atoms with E-state index in [4.69, 9.17) is 14.2 Å². The number of unbranched alkanes of at least 4 members (excludes halogenated alkanes) is 10. The first-order valence-corrected chi connectivity index (χ1v) is 11.7. The molecule has 5 heteroatoms. The highest BCUT2D eigenvalue weighted by Gasteiger charge is 2.18. The van der Waals surface area contributed by atoms with Crippen molar-refractivity contribution < 1.29 is 23.8 Å². The van der Waals surface area contributed by atoms with Crippen LogP contribution >= 0.6 is 0 Å². The molecular weight excluding hydrogens is 380 g/mol. The second-order valence-electron chi connectivity index (χ2n) is 7.72. The van der Waals surface area contributed by atoms with Crippen LogP contribution in [0.2, 0.25) is 0 Å². The van der Waals surface area contributed by atoms with Gasteiger partial charge in [0.2, 0.25) is 0 Å². The molecule has 0 aliphatic heterocycles. The summed E-state index contributed by atoms with van der Waals surface area (Å²) in [6.07, 6.45) is 13.5. The van der Waals surface area contributed by atoms with Gasteiger partial charge >= 0.3 is 11.9 Å². The van der Waals surface area contributed by atoms with Crippen molar-refractivity contribution in [3.05, 3.63) is 29.3 Å². The summed E-state index contributed by atoms with van der Waals surface area (Å²) >= 11 is 0. The number of hydrogen-bond donors (Lipinski definition) is 0. The van der Waals surface area contributed by atoms with Crippen molar-refractivity contribution in [2.75, 3.05) is 20.3 Å². The highest BCUT2D eigenvalue weighted by molar-refractivity contribution is 5.97. The molecule has 0 heterocycles. The number of esters is 2. The van der Waals surface area contributed by atoms with Crippen molar-refractivity contribution in [3.8, 4) is 5.75 Å². The van der Waals surface area contributed by atoms with E-state index < -0.39 is 11.9 Å². The summed E-state index contributed by atoms with van der Waals surface area (Å²) in [7, 11) is 1.50. The summed E-state index contributed by atoms with van der Waals surface area (Å²) in [5, 5.41) is 0. The number of benzene rings is 1. The van der Waals surface area contributed by atoms with Crippen molar-refractivity contribution >= 4 is 11.9 Å². The highest BCUT2D eigenvalue weighted by atomic mass is 16.5. The smallest absolute Gasteiger partial charge is 0.341 e. The maximum absolute atomic E-state index is 12.5. The summed E-state index contributed by atoms with van der Waals surface area (Å²) < 4.78 is 16.0. The van der Waals surface area contributed by atoms with E-state index in [-0.39, 0.29) is 5.56 Å². The minimum Gasteiger partial charge on any atom is -0.496 e. The third-order valence-corrected chi connectivity index (χ3v) is 5.12. The molecule has 5 nitrogen and oxygen atoms in total. The first-order chi connectivity index (χ1) is 14.6. The van der Waals surface area contributed by atoms with Crippen LogP contribution < -0.4 is 4.74 Å². The Bertz CT molecular complexity index is 612. The molecule has 0 aliphatic rings. The van der Waals surface area contributed by atoms with Gasteiger partial charge in [-0.15, -0.1) is 0 Å². The SMILES string of the molecule is CCCCCCCCOC(=O)c1ccc(OC)c(C(=O)OCCCCCCCC)c1. The first kappa shape index (κ1) is 26.0. The van der Waals surface area contributed by atoms with E-state index in [0.29, 0.717) is 24.5 Å². The lowest BCUT2D eigenvalue weighted by molar-refractivity contribution is 0.0493. The number of methoxy groups -OCH3 is 1. The quantitative estimate of drug-likeness (QED) is 0.206. The molecule has 0 fully saturated rings. The van der Waals surface area contributed by atoms with Crippen LogP contribution in [0.15, 0.2) is 18.2 Å². The second-order valence-corrected chi connectivity index (χ2v) is 7.72. The van der Waals surface area contributed by atoms with E-state index in [9.17, 15) is 9.59 Å². The third-order valence-electron chi connectivity index (χ3n) is 5.12. The van der Waals surface area contributed by atoms with E-state index in [1.54, 1.807) is 12.1 Å². The lowest BCUT2D eigenvalue weighted by atomic mass is 10.1. The lowest BCUT2D eigenvalue weighted by Gasteiger charge is -2.11. The zero-order valence-electron chi connectivity index (χ0n) is 19.2. The predicted octanol–water partition coefficient (Wildman–Crippen LogP) is 6.73. The Morgan fingerprint density at radius 3 is 1.73 bits per heavy atom. The van der Waals surface area contributed by atoms with Crippen LogP contribution in [0, 0.1) is 0 Å². The normalized spacial score (nSPS) is 10.6. The van der Waals surface area contributed by atoms with E-state index in [1.165, 1.54) is 58.1 Å². The maximum Gasteiger partial charge on any atom is 0.341 e. The Kier molecular flexibility index (Phi) is 14.5. The average Bonchev–Trinajstić information content (AvgIpc) is 2.77. The average molecular weight is 421 g/mol. The van der Waals surface area contributed by atoms with Crippen molar-refractivity contribution in [1.82, 2.24) is 0 Å². The molecule has 0 aromatic heterocycles. The van der Waals surface area contributed by atoms with Crippen LogP contribution in [-0.4, -0.2) is 32.3 Å². The molecule has 30 heavy (non-hydrogen) atoms. The van der Waals surface area contributed by atoms with Gasteiger partial charge in [0.25, 0.3) is 0 Å². The number of hydrogen-bond acceptors (Lipinski definition) is 5. The molecule has 0 amide bonds. The minimum atomic E-state index is -0.467. The summed E-state index contributed by atoms with van der Waals surface area (Å²) in [5.41, 5.74) is 0.603. The zero-order chi connectivity index (χ0) is 22.0. The Hall–Kier alpha value is -2.04. The number of rotatable bonds is 17. The van der Waals surface area contributed by atoms with Crippen LogP contribution in [-0.2, 0) is 9.47 Å². The molecule has 1 aromatic rings. The summed E-state index contributed by atoms with van der Waals surface area (Å²) in [5.74, 6) is -0.488. The summed E-state index contributed by atoms with van der Waals surface area (Å²) in [4.78, 5) is 24.8. The Morgan fingerprint density at radius 1 is 0.700 bits per heavy atom. The molecule has 1 aromatic carbocycles. The van der Waals surface area contributed by atoms with Gasteiger partial charge in [-0.25, -0.2) is 9.59 Å². The fraction of sp³-hybridized carbons (Fsp3) is 0.680. The number of carbonyl (C=O) groups excluding carboxylic acids is 2. The lowest BCUT2D eigenvalue weighted by Crippen LogP contribution is -2.12. The van der Waals surface area contributed by atoms with Crippen LogP contribution in [0.1, 0.15) is 112 Å². The Morgan fingerprint density at radius 2 is 1.20 bits per heavy atom. The first-order valence-electron chi connectivity index (χ1n) is 11.7. The van der Waals surface area contributed by atoms with Gasteiger partial charge in [0.15, 0.2) is 0 Å². The minimum absolute atomic E-state index is 0.262. The number of ether oxygens (including phenoxy) is 3. The van der Waals surface area contributed by atoms with Gasteiger partial charge in [-0.05, 0) is 31.0 Å². The van der Waals surface area contributed by atoms with Crippen LogP contribution in [0.25, 0.3) is 0 Å². The fourth-order valence-electron chi connectivity index (χ4n) is 3.25. The molecule has 0 N–H and O–H groups in total. The molecule has 0 radical (unpaired) electrons. The Labute approximate surface area is 182 Å². The number of carbonyl (C=O) groups is 2. The monoisotopic (exact) mass is 420 g/mol. The van der Waals surface area contributed by atoms with Gasteiger partial charge in [0.05, 0.1) is 25.9 Å². The largest absolute Gasteiger partial charge is 0.496 e. The van der Waals surface area contributed by atoms with Gasteiger partial charge in [-0.1, -0.05) is 78.1 Å². The fourth-order valence-corrected chi connectivity index (χ4v) is 3.25. The van der Waals surface area contributed by atoms with E-state index in [2.05, 4.69) is 13.8 Å². The summed E-state index contributed by atoms with van der Waals surface area (Å²) in [6, 6.07) is 4.74. The molecule has 0 unspecified atom stereocenters. The van der Waals surface area contributed by atoms with Crippen molar-refractivity contribution in [1.29, 1.82) is 0 Å². The molecule has 0 saturated heterocycles. The van der Waals surface area contributed by atoms with Crippen LogP contribution in [0.3, 0.4) is 0 Å². The van der Waals surface area contributed by atoms with E-state index in [1.807, 2.05) is 0 Å². The maximum atomic E-state index is 12.5. The molecule has 0 spiro atoms. The van der Waals surface area contributed by atoms with Crippen LogP contribution in [0.5, 0.6) is 5.75 Å². The van der Waals surface area contributed by atoms with E-state index in [0.717, 1.165) is 32.1 Å². The molecule has 0 aliphatic carbocycles.